The van der Waals surface area contributed by atoms with Crippen LogP contribution in [0.5, 0.6) is 0 Å². The molecule has 1 saturated heterocycles. The molecular formula is C17H20FN3O5. The van der Waals surface area contributed by atoms with Crippen LogP contribution in [0.4, 0.5) is 4.39 Å². The summed E-state index contributed by atoms with van der Waals surface area (Å²) in [5.74, 6) is -3.59. The van der Waals surface area contributed by atoms with Crippen LogP contribution in [0, 0.1) is 11.7 Å². The van der Waals surface area contributed by atoms with E-state index in [2.05, 4.69) is 5.32 Å². The van der Waals surface area contributed by atoms with E-state index in [0.29, 0.717) is 19.4 Å². The number of ether oxygens (including phenoxy) is 1. The van der Waals surface area contributed by atoms with Crippen LogP contribution < -0.4 is 11.1 Å². The van der Waals surface area contributed by atoms with Gasteiger partial charge in [-0.25, -0.2) is 4.39 Å². The number of rotatable bonds is 6. The molecule has 1 atom stereocenters. The lowest BCUT2D eigenvalue weighted by Crippen LogP contribution is -2.45. The second-order valence-corrected chi connectivity index (χ2v) is 5.90. The van der Waals surface area contributed by atoms with Crippen LogP contribution in [0.1, 0.15) is 23.2 Å². The molecule has 1 aromatic rings. The molecule has 8 nitrogen and oxygen atoms in total. The van der Waals surface area contributed by atoms with Crippen molar-refractivity contribution < 1.29 is 28.3 Å². The third kappa shape index (κ3) is 5.27. The highest BCUT2D eigenvalue weighted by atomic mass is 19.1. The summed E-state index contributed by atoms with van der Waals surface area (Å²) in [4.78, 5) is 48.1. The standard InChI is InChI=1S/C17H20FN3O5/c18-13-6-2-1-5-12(13)17(25)20-8-15(23)26-10-14(22)21-7-3-4-11(9-21)16(19)24/h1-2,5-6,11H,3-4,7-10H2,(H2,19,24)(H,20,25)/t11-/m0/s1. The van der Waals surface area contributed by atoms with E-state index >= 15 is 0 Å². The Bertz CT molecular complexity index is 709. The third-order valence-electron chi connectivity index (χ3n) is 4.04. The van der Waals surface area contributed by atoms with Gasteiger partial charge in [0.25, 0.3) is 11.8 Å². The van der Waals surface area contributed by atoms with E-state index in [4.69, 9.17) is 10.5 Å². The number of carbonyl (C=O) groups is 4. The molecular weight excluding hydrogens is 345 g/mol. The van der Waals surface area contributed by atoms with Crippen LogP contribution in [0.25, 0.3) is 0 Å². The highest BCUT2D eigenvalue weighted by Crippen LogP contribution is 2.16. The number of piperidine rings is 1. The van der Waals surface area contributed by atoms with Gasteiger partial charge in [-0.3, -0.25) is 19.2 Å². The molecule has 0 saturated carbocycles. The lowest BCUT2D eigenvalue weighted by atomic mass is 9.97. The van der Waals surface area contributed by atoms with Gasteiger partial charge < -0.3 is 20.7 Å². The fraction of sp³-hybridized carbons (Fsp3) is 0.412. The first-order valence-electron chi connectivity index (χ1n) is 8.14. The second kappa shape index (κ2) is 8.93. The molecule has 0 unspecified atom stereocenters. The molecule has 9 heteroatoms. The Morgan fingerprint density at radius 3 is 2.69 bits per heavy atom. The first-order valence-corrected chi connectivity index (χ1v) is 8.14. The SMILES string of the molecule is NC(=O)[C@H]1CCCN(C(=O)COC(=O)CNC(=O)c2ccccc2F)C1. The number of hydrogen-bond acceptors (Lipinski definition) is 5. The molecule has 0 spiro atoms. The van der Waals surface area contributed by atoms with Gasteiger partial charge in [-0.15, -0.1) is 0 Å². The van der Waals surface area contributed by atoms with Gasteiger partial charge >= 0.3 is 5.97 Å². The number of nitrogens with one attached hydrogen (secondary N) is 1. The number of hydrogen-bond donors (Lipinski definition) is 2. The molecule has 0 bridgehead atoms. The van der Waals surface area contributed by atoms with Gasteiger partial charge in [0.05, 0.1) is 11.5 Å². The van der Waals surface area contributed by atoms with E-state index in [-0.39, 0.29) is 12.1 Å². The number of likely N-dealkylation sites (tertiary alicyclic amines) is 1. The van der Waals surface area contributed by atoms with Crippen molar-refractivity contribution in [3.63, 3.8) is 0 Å². The molecule has 1 aliphatic heterocycles. The van der Waals surface area contributed by atoms with Crippen LogP contribution in [-0.4, -0.2) is 54.8 Å². The van der Waals surface area contributed by atoms with Gasteiger partial charge in [0.1, 0.15) is 12.4 Å². The monoisotopic (exact) mass is 365 g/mol. The zero-order valence-electron chi connectivity index (χ0n) is 14.1. The molecule has 1 fully saturated rings. The predicted octanol–water partition coefficient (Wildman–Crippen LogP) is -0.177. The summed E-state index contributed by atoms with van der Waals surface area (Å²) in [6.07, 6.45) is 1.27. The maximum absolute atomic E-state index is 13.5. The summed E-state index contributed by atoms with van der Waals surface area (Å²) in [6, 6.07) is 5.34. The van der Waals surface area contributed by atoms with Crippen molar-refractivity contribution in [2.24, 2.45) is 11.7 Å². The zero-order valence-corrected chi connectivity index (χ0v) is 14.1. The fourth-order valence-electron chi connectivity index (χ4n) is 2.61. The van der Waals surface area contributed by atoms with Gasteiger partial charge in [-0.1, -0.05) is 12.1 Å². The maximum atomic E-state index is 13.5. The van der Waals surface area contributed by atoms with Crippen molar-refractivity contribution in [3.05, 3.63) is 35.6 Å². The van der Waals surface area contributed by atoms with Crippen LogP contribution >= 0.6 is 0 Å². The first kappa shape index (κ1) is 19.4. The Hall–Kier alpha value is -2.97. The van der Waals surface area contributed by atoms with Gasteiger partial charge in [-0.2, -0.15) is 0 Å². The Morgan fingerprint density at radius 2 is 2.00 bits per heavy atom. The van der Waals surface area contributed by atoms with E-state index in [1.807, 2.05) is 0 Å². The minimum atomic E-state index is -0.827. The number of halogens is 1. The van der Waals surface area contributed by atoms with Gasteiger partial charge in [0.2, 0.25) is 5.91 Å². The van der Waals surface area contributed by atoms with Crippen LogP contribution in [-0.2, 0) is 19.1 Å². The Morgan fingerprint density at radius 1 is 1.27 bits per heavy atom. The quantitative estimate of drug-likeness (QED) is 0.678. The molecule has 1 aromatic carbocycles. The summed E-state index contributed by atoms with van der Waals surface area (Å²) in [5, 5.41) is 2.23. The smallest absolute Gasteiger partial charge is 0.325 e. The molecule has 0 aromatic heterocycles. The number of nitrogens with two attached hydrogens (primary N) is 1. The van der Waals surface area contributed by atoms with E-state index in [1.54, 1.807) is 0 Å². The molecule has 140 valence electrons. The molecule has 0 aliphatic carbocycles. The van der Waals surface area contributed by atoms with Crippen molar-refractivity contribution in [1.29, 1.82) is 0 Å². The normalized spacial score (nSPS) is 16.7. The van der Waals surface area contributed by atoms with Crippen molar-refractivity contribution >= 4 is 23.7 Å². The molecule has 1 aliphatic rings. The molecule has 3 N–H and O–H groups in total. The van der Waals surface area contributed by atoms with Crippen molar-refractivity contribution in [1.82, 2.24) is 10.2 Å². The number of esters is 1. The van der Waals surface area contributed by atoms with E-state index < -0.39 is 48.6 Å². The van der Waals surface area contributed by atoms with Crippen LogP contribution in [0.15, 0.2) is 24.3 Å². The summed E-state index contributed by atoms with van der Waals surface area (Å²) >= 11 is 0. The summed E-state index contributed by atoms with van der Waals surface area (Å²) in [5.41, 5.74) is 5.06. The minimum absolute atomic E-state index is 0.192. The topological polar surface area (TPSA) is 119 Å². The van der Waals surface area contributed by atoms with Crippen molar-refractivity contribution in [2.45, 2.75) is 12.8 Å². The number of amides is 3. The van der Waals surface area contributed by atoms with Crippen molar-refractivity contribution in [2.75, 3.05) is 26.2 Å². The lowest BCUT2D eigenvalue weighted by Gasteiger charge is -2.31. The number of benzene rings is 1. The Kier molecular flexibility index (Phi) is 6.65. The van der Waals surface area contributed by atoms with E-state index in [9.17, 15) is 23.6 Å². The number of nitrogens with zero attached hydrogens (tertiary/aromatic N) is 1. The molecule has 2 rings (SSSR count). The fourth-order valence-corrected chi connectivity index (χ4v) is 2.61. The third-order valence-corrected chi connectivity index (χ3v) is 4.04. The lowest BCUT2D eigenvalue weighted by molar-refractivity contribution is -0.152. The average molecular weight is 365 g/mol. The second-order valence-electron chi connectivity index (χ2n) is 5.90. The molecule has 3 amide bonds. The highest BCUT2D eigenvalue weighted by molar-refractivity contribution is 5.96. The van der Waals surface area contributed by atoms with Crippen molar-refractivity contribution in [3.8, 4) is 0 Å². The summed E-state index contributed by atoms with van der Waals surface area (Å²) in [6.45, 7) is -0.329. The minimum Gasteiger partial charge on any atom is -0.454 e. The maximum Gasteiger partial charge on any atom is 0.325 e. The number of carbonyl (C=O) groups excluding carboxylic acids is 4. The van der Waals surface area contributed by atoms with Crippen LogP contribution in [0.3, 0.4) is 0 Å². The van der Waals surface area contributed by atoms with Gasteiger partial charge in [0.15, 0.2) is 6.61 Å². The van der Waals surface area contributed by atoms with Crippen LogP contribution in [0.2, 0.25) is 0 Å². The Balaban J connectivity index is 1.74. The summed E-state index contributed by atoms with van der Waals surface area (Å²) < 4.78 is 18.3. The predicted molar refractivity (Wildman–Crippen MR) is 88.2 cm³/mol. The highest BCUT2D eigenvalue weighted by Gasteiger charge is 2.27. The Labute approximate surface area is 149 Å². The first-order chi connectivity index (χ1) is 12.4. The van der Waals surface area contributed by atoms with E-state index in [0.717, 1.165) is 6.07 Å². The van der Waals surface area contributed by atoms with Gasteiger partial charge in [0, 0.05) is 13.1 Å². The summed E-state index contributed by atoms with van der Waals surface area (Å²) in [7, 11) is 0. The largest absolute Gasteiger partial charge is 0.454 e. The zero-order chi connectivity index (χ0) is 19.1. The molecule has 1 heterocycles. The van der Waals surface area contributed by atoms with Gasteiger partial charge in [-0.05, 0) is 25.0 Å². The number of primary amides is 1. The van der Waals surface area contributed by atoms with E-state index in [1.165, 1.54) is 23.1 Å². The molecule has 26 heavy (non-hydrogen) atoms. The average Bonchev–Trinajstić information content (AvgIpc) is 2.64. The molecule has 0 radical (unpaired) electrons.